The predicted octanol–water partition coefficient (Wildman–Crippen LogP) is 7.08. The van der Waals surface area contributed by atoms with E-state index >= 15 is 0 Å². The molecule has 4 rings (SSSR count). The van der Waals surface area contributed by atoms with Crippen molar-refractivity contribution in [2.24, 2.45) is 0 Å². The van der Waals surface area contributed by atoms with Crippen molar-refractivity contribution in [1.29, 1.82) is 0 Å². The molecule has 0 radical (unpaired) electrons. The summed E-state index contributed by atoms with van der Waals surface area (Å²) in [5.41, 5.74) is 0. The molecule has 0 saturated heterocycles. The molecule has 0 aliphatic heterocycles. The largest absolute Gasteiger partial charge is 0.207 e. The summed E-state index contributed by atoms with van der Waals surface area (Å²) in [7, 11) is -0.139. The summed E-state index contributed by atoms with van der Waals surface area (Å²) in [4.78, 5) is 1.17. The third-order valence-corrected chi connectivity index (χ3v) is 7.34. The molecule has 22 heavy (non-hydrogen) atoms. The Hall–Kier alpha value is -0.730. The number of benzene rings is 3. The molecule has 0 aliphatic rings. The Morgan fingerprint density at radius 1 is 0.682 bits per heavy atom. The highest BCUT2D eigenvalue weighted by molar-refractivity contribution is 14.1. The second-order valence-electron chi connectivity index (χ2n) is 5.04. The summed E-state index contributed by atoms with van der Waals surface area (Å²) < 4.78 is 18.4. The van der Waals surface area contributed by atoms with Crippen LogP contribution in [0.2, 0.25) is 0 Å². The first kappa shape index (κ1) is 14.8. The zero-order valence-corrected chi connectivity index (χ0v) is 16.4. The van der Waals surface area contributed by atoms with Crippen LogP contribution >= 0.6 is 55.7 Å². The van der Waals surface area contributed by atoms with Gasteiger partial charge in [0.25, 0.3) is 0 Å². The quantitative estimate of drug-likeness (QED) is 0.182. The van der Waals surface area contributed by atoms with Crippen LogP contribution in [0.15, 0.2) is 60.7 Å². The fourth-order valence-corrected chi connectivity index (χ4v) is 6.05. The van der Waals surface area contributed by atoms with E-state index in [1.807, 2.05) is 12.1 Å². The average molecular weight is 531 g/mol. The van der Waals surface area contributed by atoms with Crippen LogP contribution in [-0.2, 0) is 0 Å². The van der Waals surface area contributed by atoms with Gasteiger partial charge in [-0.1, -0.05) is 0 Å². The Labute approximate surface area is 157 Å². The van der Waals surface area contributed by atoms with Gasteiger partial charge in [-0.2, -0.15) is 0 Å². The van der Waals surface area contributed by atoms with Gasteiger partial charge in [0, 0.05) is 40.5 Å². The van der Waals surface area contributed by atoms with Crippen LogP contribution in [0.4, 0.5) is 4.39 Å². The minimum atomic E-state index is -0.183. The van der Waals surface area contributed by atoms with E-state index in [4.69, 9.17) is 0 Å². The number of hydrogen-bond donors (Lipinski definition) is 0. The Kier molecular flexibility index (Phi) is 3.86. The van der Waals surface area contributed by atoms with E-state index in [0.717, 1.165) is 0 Å². The molecule has 0 spiro atoms. The molecule has 0 unspecified atom stereocenters. The summed E-state index contributed by atoms with van der Waals surface area (Å²) in [6.45, 7) is 0. The van der Waals surface area contributed by atoms with Gasteiger partial charge in [0.15, 0.2) is 14.3 Å². The highest BCUT2D eigenvalue weighted by Crippen LogP contribution is 2.48. The summed E-state index contributed by atoms with van der Waals surface area (Å²) in [5, 5.41) is 2.63. The molecule has 0 amide bonds. The molecule has 1 aromatic heterocycles. The third-order valence-electron chi connectivity index (χ3n) is 3.66. The first-order valence-electron chi connectivity index (χ1n) is 6.73. The van der Waals surface area contributed by atoms with Gasteiger partial charge < -0.3 is 0 Å². The summed E-state index contributed by atoms with van der Waals surface area (Å²) in [5.74, 6) is -0.183. The minimum Gasteiger partial charge on any atom is -0.207 e. The number of halogens is 3. The third kappa shape index (κ3) is 2.45. The van der Waals surface area contributed by atoms with Crippen LogP contribution < -0.4 is 0 Å². The molecule has 0 saturated carbocycles. The minimum absolute atomic E-state index is 0.139. The Balaban J connectivity index is 2.17. The van der Waals surface area contributed by atoms with Crippen LogP contribution in [0, 0.1) is 13.0 Å². The lowest BCUT2D eigenvalue weighted by Crippen LogP contribution is -1.74. The molecule has 4 heteroatoms. The van der Waals surface area contributed by atoms with Gasteiger partial charge in [0.05, 0.1) is 0 Å². The van der Waals surface area contributed by atoms with E-state index in [2.05, 4.69) is 81.6 Å². The molecule has 108 valence electrons. The highest BCUT2D eigenvalue weighted by Gasteiger charge is 2.23. The fraction of sp³-hybridized carbons (Fsp3) is 0. The maximum absolute atomic E-state index is 13.3. The normalized spacial score (nSPS) is 11.4. The molecule has 1 heterocycles. The highest BCUT2D eigenvalue weighted by atomic mass is 127. The van der Waals surface area contributed by atoms with Crippen molar-refractivity contribution in [3.8, 4) is 4.90 Å². The second kappa shape index (κ2) is 5.72. The van der Waals surface area contributed by atoms with Crippen LogP contribution in [0.1, 0.15) is 0 Å². The lowest BCUT2D eigenvalue weighted by molar-refractivity contribution is 0.628. The van der Waals surface area contributed by atoms with E-state index in [1.54, 1.807) is 12.1 Å². The maximum Gasteiger partial charge on any atom is 0.187 e. The van der Waals surface area contributed by atoms with Gasteiger partial charge in [0.1, 0.15) is 5.82 Å². The molecule has 0 N–H and O–H groups in total. The second-order valence-corrected chi connectivity index (χ2v) is 9.50. The van der Waals surface area contributed by atoms with Crippen molar-refractivity contribution in [2.45, 2.75) is 0 Å². The van der Waals surface area contributed by atoms with Crippen molar-refractivity contribution in [3.05, 3.63) is 73.6 Å². The Bertz CT molecular complexity index is 944. The topological polar surface area (TPSA) is 0 Å². The predicted molar refractivity (Wildman–Crippen MR) is 111 cm³/mol. The van der Waals surface area contributed by atoms with E-state index < -0.39 is 0 Å². The number of hydrogen-bond acceptors (Lipinski definition) is 0. The first-order valence-corrected chi connectivity index (χ1v) is 10.1. The van der Waals surface area contributed by atoms with Crippen molar-refractivity contribution >= 4 is 75.8 Å². The first-order chi connectivity index (χ1) is 10.6. The van der Waals surface area contributed by atoms with E-state index in [0.29, 0.717) is 0 Å². The van der Waals surface area contributed by atoms with Crippen LogP contribution in [0.5, 0.6) is 0 Å². The maximum atomic E-state index is 13.3. The van der Waals surface area contributed by atoms with Crippen LogP contribution in [-0.4, -0.2) is 0 Å². The fourth-order valence-electron chi connectivity index (χ4n) is 2.72. The average Bonchev–Trinajstić information content (AvgIpc) is 2.81. The van der Waals surface area contributed by atoms with Crippen molar-refractivity contribution < 1.29 is 4.39 Å². The lowest BCUT2D eigenvalue weighted by Gasteiger charge is -1.94. The summed E-state index contributed by atoms with van der Waals surface area (Å²) >= 11 is 4.72. The SMILES string of the molecule is Fc1ccc(-[s+]2c3ccc(I)cc3c3cc(I)ccc32)cc1. The molecular weight excluding hydrogens is 521 g/mol. The van der Waals surface area contributed by atoms with Gasteiger partial charge in [0.2, 0.25) is 0 Å². The molecule has 0 fully saturated rings. The van der Waals surface area contributed by atoms with Gasteiger partial charge >= 0.3 is 0 Å². The molecule has 4 aromatic rings. The zero-order chi connectivity index (χ0) is 15.3. The van der Waals surface area contributed by atoms with E-state index in [9.17, 15) is 4.39 Å². The van der Waals surface area contributed by atoms with Gasteiger partial charge in [-0.05, 0) is 93.7 Å². The smallest absolute Gasteiger partial charge is 0.187 e. The van der Waals surface area contributed by atoms with Gasteiger partial charge in [-0.3, -0.25) is 0 Å². The van der Waals surface area contributed by atoms with Gasteiger partial charge in [-0.25, -0.2) is 4.39 Å². The zero-order valence-electron chi connectivity index (χ0n) is 11.3. The standard InChI is InChI=1S/C18H10FI2S/c19-11-1-5-14(6-2-11)22-17-7-3-12(20)9-15(17)16-10-13(21)4-8-18(16)22/h1-10H/q+1. The monoisotopic (exact) mass is 531 g/mol. The molecule has 0 bridgehead atoms. The lowest BCUT2D eigenvalue weighted by atomic mass is 10.2. The number of thiophene rings is 1. The summed E-state index contributed by atoms with van der Waals surface area (Å²) in [6.07, 6.45) is 0. The van der Waals surface area contributed by atoms with Gasteiger partial charge in [-0.15, -0.1) is 0 Å². The van der Waals surface area contributed by atoms with Crippen LogP contribution in [0.3, 0.4) is 0 Å². The molecule has 0 nitrogen and oxygen atoms in total. The van der Waals surface area contributed by atoms with Crippen molar-refractivity contribution in [1.82, 2.24) is 0 Å². The Morgan fingerprint density at radius 3 is 1.68 bits per heavy atom. The number of rotatable bonds is 1. The van der Waals surface area contributed by atoms with Crippen molar-refractivity contribution in [2.75, 3.05) is 0 Å². The summed E-state index contributed by atoms with van der Waals surface area (Å²) in [6, 6.07) is 20.2. The van der Waals surface area contributed by atoms with E-state index in [-0.39, 0.29) is 16.3 Å². The molecule has 0 aliphatic carbocycles. The molecule has 3 aromatic carbocycles. The Morgan fingerprint density at radius 2 is 1.18 bits per heavy atom. The molecule has 0 atom stereocenters. The van der Waals surface area contributed by atoms with Crippen molar-refractivity contribution in [3.63, 3.8) is 0 Å². The number of fused-ring (bicyclic) bond motifs is 3. The molecular formula is C18H10FI2S+. The van der Waals surface area contributed by atoms with E-state index in [1.165, 1.54) is 32.2 Å². The van der Waals surface area contributed by atoms with Crippen LogP contribution in [0.25, 0.3) is 25.1 Å².